The van der Waals surface area contributed by atoms with Gasteiger partial charge < -0.3 is 14.7 Å². The lowest BCUT2D eigenvalue weighted by Crippen LogP contribution is -2.31. The van der Waals surface area contributed by atoms with Gasteiger partial charge in [-0.2, -0.15) is 0 Å². The number of fused-ring (bicyclic) bond motifs is 2. The number of benzene rings is 7. The van der Waals surface area contributed by atoms with Crippen LogP contribution in [0.15, 0.2) is 186 Å². The molecule has 8 rings (SSSR count). The third kappa shape index (κ3) is 5.68. The van der Waals surface area contributed by atoms with Gasteiger partial charge in [0.25, 0.3) is 0 Å². The van der Waals surface area contributed by atoms with Gasteiger partial charge in [0, 0.05) is 49.7 Å². The monoisotopic (exact) mass is 697 g/mol. The Morgan fingerprint density at radius 3 is 1.10 bits per heavy atom. The van der Waals surface area contributed by atoms with Crippen LogP contribution >= 0.6 is 15.9 Å². The molecule has 0 spiro atoms. The van der Waals surface area contributed by atoms with Crippen LogP contribution in [0.4, 0.5) is 51.2 Å². The Morgan fingerprint density at radius 2 is 0.755 bits per heavy atom. The van der Waals surface area contributed by atoms with Crippen LogP contribution in [0.5, 0.6) is 0 Å². The van der Waals surface area contributed by atoms with E-state index in [1.165, 1.54) is 22.5 Å². The van der Waals surface area contributed by atoms with Gasteiger partial charge in [0.1, 0.15) is 0 Å². The Kier molecular flexibility index (Phi) is 8.03. The van der Waals surface area contributed by atoms with Crippen LogP contribution in [-0.2, 0) is 5.41 Å². The number of halogens is 1. The smallest absolute Gasteiger partial charge is 0.0504 e. The molecule has 0 fully saturated rings. The minimum atomic E-state index is -0.319. The first-order chi connectivity index (χ1) is 24.0. The van der Waals surface area contributed by atoms with Crippen molar-refractivity contribution in [2.24, 2.45) is 0 Å². The summed E-state index contributed by atoms with van der Waals surface area (Å²) in [6.07, 6.45) is 0. The van der Waals surface area contributed by atoms with Gasteiger partial charge in [-0.3, -0.25) is 0 Å². The van der Waals surface area contributed by atoms with Crippen LogP contribution < -0.4 is 14.7 Å². The first-order valence-corrected chi connectivity index (χ1v) is 17.4. The molecule has 4 heteroatoms. The van der Waals surface area contributed by atoms with Crippen molar-refractivity contribution in [1.82, 2.24) is 0 Å². The molecule has 0 amide bonds. The standard InChI is InChI=1S/C45H36BrN3/c1-45(2)41-31-39(47(34-15-7-3-8-16-34)35-17-9-4-10-18-35)27-29-43(41)49(38-25-23-33(46)24-26-38)44-30-28-40(32-42(44)45)48(36-19-11-5-12-20-36)37-21-13-6-14-22-37/h3-32H,1-2H3. The Balaban J connectivity index is 1.34. The van der Waals surface area contributed by atoms with Gasteiger partial charge in [-0.1, -0.05) is 103 Å². The molecule has 0 aromatic heterocycles. The number of nitrogens with zero attached hydrogens (tertiary/aromatic N) is 3. The third-order valence-electron chi connectivity index (χ3n) is 9.45. The highest BCUT2D eigenvalue weighted by Crippen LogP contribution is 2.54. The molecule has 0 radical (unpaired) electrons. The molecule has 49 heavy (non-hydrogen) atoms. The highest BCUT2D eigenvalue weighted by molar-refractivity contribution is 9.10. The lowest BCUT2D eigenvalue weighted by atomic mass is 9.73. The highest BCUT2D eigenvalue weighted by atomic mass is 79.9. The van der Waals surface area contributed by atoms with E-state index in [-0.39, 0.29) is 5.41 Å². The van der Waals surface area contributed by atoms with Crippen molar-refractivity contribution in [3.8, 4) is 0 Å². The first kappa shape index (κ1) is 30.7. The molecule has 0 atom stereocenters. The van der Waals surface area contributed by atoms with Crippen molar-refractivity contribution in [1.29, 1.82) is 0 Å². The second-order valence-electron chi connectivity index (χ2n) is 12.9. The van der Waals surface area contributed by atoms with Gasteiger partial charge in [-0.25, -0.2) is 0 Å². The minimum absolute atomic E-state index is 0.319. The molecule has 0 N–H and O–H groups in total. The van der Waals surface area contributed by atoms with Gasteiger partial charge in [0.05, 0.1) is 11.4 Å². The number of hydrogen-bond donors (Lipinski definition) is 0. The van der Waals surface area contributed by atoms with E-state index in [9.17, 15) is 0 Å². The van der Waals surface area contributed by atoms with Crippen LogP contribution in [0.2, 0.25) is 0 Å². The molecular formula is C45H36BrN3. The van der Waals surface area contributed by atoms with E-state index in [4.69, 9.17) is 0 Å². The average molecular weight is 699 g/mol. The molecule has 0 aliphatic carbocycles. The summed E-state index contributed by atoms with van der Waals surface area (Å²) in [7, 11) is 0. The van der Waals surface area contributed by atoms with E-state index in [2.05, 4.69) is 226 Å². The summed E-state index contributed by atoms with van der Waals surface area (Å²) in [5, 5.41) is 0. The number of hydrogen-bond acceptors (Lipinski definition) is 3. The molecule has 3 nitrogen and oxygen atoms in total. The second-order valence-corrected chi connectivity index (χ2v) is 13.8. The first-order valence-electron chi connectivity index (χ1n) is 16.6. The van der Waals surface area contributed by atoms with E-state index in [1.807, 2.05) is 0 Å². The van der Waals surface area contributed by atoms with Crippen LogP contribution in [0, 0.1) is 0 Å². The fourth-order valence-corrected chi connectivity index (χ4v) is 7.33. The van der Waals surface area contributed by atoms with Crippen LogP contribution in [0.25, 0.3) is 0 Å². The number of rotatable bonds is 7. The third-order valence-corrected chi connectivity index (χ3v) is 9.98. The zero-order valence-corrected chi connectivity index (χ0v) is 29.1. The molecule has 0 saturated carbocycles. The van der Waals surface area contributed by atoms with Crippen molar-refractivity contribution in [2.45, 2.75) is 19.3 Å². The Labute approximate surface area is 297 Å². The molecule has 1 aliphatic heterocycles. The van der Waals surface area contributed by atoms with E-state index < -0.39 is 0 Å². The number of anilines is 9. The molecule has 0 bridgehead atoms. The molecule has 238 valence electrons. The van der Waals surface area contributed by atoms with E-state index >= 15 is 0 Å². The minimum Gasteiger partial charge on any atom is -0.310 e. The molecule has 1 heterocycles. The van der Waals surface area contributed by atoms with Crippen molar-refractivity contribution < 1.29 is 0 Å². The maximum Gasteiger partial charge on any atom is 0.0504 e. The van der Waals surface area contributed by atoms with Gasteiger partial charge >= 0.3 is 0 Å². The summed E-state index contributed by atoms with van der Waals surface area (Å²) in [5.74, 6) is 0. The molecular weight excluding hydrogens is 662 g/mol. The summed E-state index contributed by atoms with van der Waals surface area (Å²) in [6, 6.07) is 65.0. The van der Waals surface area contributed by atoms with Crippen molar-refractivity contribution in [2.75, 3.05) is 14.7 Å². The van der Waals surface area contributed by atoms with Gasteiger partial charge in [-0.15, -0.1) is 0 Å². The van der Waals surface area contributed by atoms with Crippen LogP contribution in [0.3, 0.4) is 0 Å². The summed E-state index contributed by atoms with van der Waals surface area (Å²) in [5.41, 5.74) is 12.4. The highest BCUT2D eigenvalue weighted by Gasteiger charge is 2.38. The van der Waals surface area contributed by atoms with E-state index in [1.54, 1.807) is 0 Å². The van der Waals surface area contributed by atoms with Crippen LogP contribution in [-0.4, -0.2) is 0 Å². The van der Waals surface area contributed by atoms with E-state index in [0.29, 0.717) is 0 Å². The van der Waals surface area contributed by atoms with Gasteiger partial charge in [0.15, 0.2) is 0 Å². The van der Waals surface area contributed by atoms with Crippen molar-refractivity contribution in [3.05, 3.63) is 198 Å². The molecule has 1 aliphatic rings. The number of para-hydroxylation sites is 4. The molecule has 0 saturated heterocycles. The molecule has 7 aromatic rings. The van der Waals surface area contributed by atoms with Crippen LogP contribution in [0.1, 0.15) is 25.0 Å². The zero-order chi connectivity index (χ0) is 33.4. The topological polar surface area (TPSA) is 9.72 Å². The maximum absolute atomic E-state index is 3.66. The second kappa shape index (κ2) is 12.8. The summed E-state index contributed by atoms with van der Waals surface area (Å²) < 4.78 is 1.06. The predicted molar refractivity (Wildman–Crippen MR) is 210 cm³/mol. The lowest BCUT2D eigenvalue weighted by molar-refractivity contribution is 0.632. The lowest BCUT2D eigenvalue weighted by Gasteiger charge is -2.43. The zero-order valence-electron chi connectivity index (χ0n) is 27.5. The van der Waals surface area contributed by atoms with E-state index in [0.717, 1.165) is 44.3 Å². The Hall–Kier alpha value is -5.58. The quantitative estimate of drug-likeness (QED) is 0.164. The summed E-state index contributed by atoms with van der Waals surface area (Å²) in [6.45, 7) is 4.73. The SMILES string of the molecule is CC1(C)c2cc(N(c3ccccc3)c3ccccc3)ccc2N(c2ccc(Br)cc2)c2ccc(N(c3ccccc3)c3ccccc3)cc21. The average Bonchev–Trinajstić information content (AvgIpc) is 3.15. The van der Waals surface area contributed by atoms with Gasteiger partial charge in [0.2, 0.25) is 0 Å². The molecule has 0 unspecified atom stereocenters. The summed E-state index contributed by atoms with van der Waals surface area (Å²) in [4.78, 5) is 7.11. The Bertz CT molecular complexity index is 1990. The fraction of sp³-hybridized carbons (Fsp3) is 0.0667. The Morgan fingerprint density at radius 1 is 0.408 bits per heavy atom. The normalized spacial score (nSPS) is 12.9. The maximum atomic E-state index is 3.66. The van der Waals surface area contributed by atoms with Crippen molar-refractivity contribution >= 4 is 67.1 Å². The van der Waals surface area contributed by atoms with Gasteiger partial charge in [-0.05, 0) is 120 Å². The summed E-state index contributed by atoms with van der Waals surface area (Å²) >= 11 is 3.66. The predicted octanol–water partition coefficient (Wildman–Crippen LogP) is 13.5. The van der Waals surface area contributed by atoms with Crippen molar-refractivity contribution in [3.63, 3.8) is 0 Å². The molecule has 7 aromatic carbocycles. The fourth-order valence-electron chi connectivity index (χ4n) is 7.06. The largest absolute Gasteiger partial charge is 0.310 e.